The van der Waals surface area contributed by atoms with Crippen LogP contribution in [-0.2, 0) is 21.9 Å². The Morgan fingerprint density at radius 1 is 1.10 bits per heavy atom. The third-order valence-corrected chi connectivity index (χ3v) is 6.26. The van der Waals surface area contributed by atoms with Gasteiger partial charge in [0.15, 0.2) is 0 Å². The highest BCUT2D eigenvalue weighted by atomic mass is 35.5. The molecule has 0 bridgehead atoms. The molecule has 1 atom stereocenters. The molecule has 0 aromatic heterocycles. The Hall–Kier alpha value is -1.69. The van der Waals surface area contributed by atoms with E-state index in [9.17, 15) is 9.59 Å². The van der Waals surface area contributed by atoms with Crippen molar-refractivity contribution in [3.8, 4) is 0 Å². The van der Waals surface area contributed by atoms with Gasteiger partial charge in [-0.1, -0.05) is 66.0 Å². The molecular weight excluding hydrogens is 439 g/mol. The largest absolute Gasteiger partial charge is 0.355 e. The fourth-order valence-electron chi connectivity index (χ4n) is 3.07. The summed E-state index contributed by atoms with van der Waals surface area (Å²) >= 11 is 13.7. The number of nitrogens with zero attached hydrogens (tertiary/aromatic N) is 1. The molecule has 4 nitrogen and oxygen atoms in total. The van der Waals surface area contributed by atoms with Crippen LogP contribution in [0.25, 0.3) is 0 Å². The summed E-state index contributed by atoms with van der Waals surface area (Å²) in [5.74, 6) is 0.675. The normalized spacial score (nSPS) is 11.8. The summed E-state index contributed by atoms with van der Waals surface area (Å²) in [4.78, 5) is 27.4. The van der Waals surface area contributed by atoms with Gasteiger partial charge in [-0.3, -0.25) is 9.59 Å². The zero-order valence-corrected chi connectivity index (χ0v) is 19.9. The molecule has 0 saturated carbocycles. The first-order chi connectivity index (χ1) is 14.3. The number of rotatable bonds is 10. The summed E-state index contributed by atoms with van der Waals surface area (Å²) in [6.45, 7) is 6.76. The topological polar surface area (TPSA) is 49.4 Å². The molecular formula is C23H28Cl2N2O2S. The van der Waals surface area contributed by atoms with Crippen molar-refractivity contribution in [3.05, 3.63) is 69.2 Å². The first-order valence-electron chi connectivity index (χ1n) is 10.00. The Kier molecular flexibility index (Phi) is 10.0. The number of amides is 2. The maximum atomic E-state index is 13.1. The lowest BCUT2D eigenvalue weighted by atomic mass is 10.1. The van der Waals surface area contributed by atoms with Gasteiger partial charge >= 0.3 is 0 Å². The average molecular weight is 467 g/mol. The second-order valence-corrected chi connectivity index (χ2v) is 8.88. The van der Waals surface area contributed by atoms with Gasteiger partial charge in [-0.05, 0) is 43.5 Å². The predicted octanol–water partition coefficient (Wildman–Crippen LogP) is 5.48. The van der Waals surface area contributed by atoms with Crippen molar-refractivity contribution in [2.45, 2.75) is 45.5 Å². The summed E-state index contributed by atoms with van der Waals surface area (Å²) in [5.41, 5.74) is 3.09. The first-order valence-corrected chi connectivity index (χ1v) is 11.9. The van der Waals surface area contributed by atoms with Gasteiger partial charge in [-0.25, -0.2) is 0 Å². The minimum Gasteiger partial charge on any atom is -0.355 e. The third kappa shape index (κ3) is 7.22. The Bertz CT molecular complexity index is 859. The lowest BCUT2D eigenvalue weighted by molar-refractivity contribution is -0.139. The summed E-state index contributed by atoms with van der Waals surface area (Å²) in [7, 11) is 0. The standard InChI is InChI=1S/C23H28Cl2N2O2S/c1-4-21(23(29)26-5-2)27(13-17-8-6-16(3)7-9-17)22(28)15-30-14-18-10-11-19(24)12-20(18)25/h6-12,21H,4-5,13-15H2,1-3H3,(H,26,29)/t21-/m1/s1. The fraction of sp³-hybridized carbons (Fsp3) is 0.391. The van der Waals surface area contributed by atoms with E-state index < -0.39 is 6.04 Å². The van der Waals surface area contributed by atoms with Crippen molar-refractivity contribution in [1.29, 1.82) is 0 Å². The Balaban J connectivity index is 2.11. The van der Waals surface area contributed by atoms with E-state index in [2.05, 4.69) is 5.32 Å². The van der Waals surface area contributed by atoms with E-state index in [0.29, 0.717) is 35.3 Å². The monoisotopic (exact) mass is 466 g/mol. The number of aryl methyl sites for hydroxylation is 1. The number of hydrogen-bond acceptors (Lipinski definition) is 3. The third-order valence-electron chi connectivity index (χ3n) is 4.71. The second kappa shape index (κ2) is 12.2. The summed E-state index contributed by atoms with van der Waals surface area (Å²) < 4.78 is 0. The van der Waals surface area contributed by atoms with Crippen LogP contribution in [0.3, 0.4) is 0 Å². The highest BCUT2D eigenvalue weighted by Crippen LogP contribution is 2.25. The maximum Gasteiger partial charge on any atom is 0.242 e. The van der Waals surface area contributed by atoms with Gasteiger partial charge in [0.05, 0.1) is 5.75 Å². The smallest absolute Gasteiger partial charge is 0.242 e. The quantitative estimate of drug-likeness (QED) is 0.504. The zero-order chi connectivity index (χ0) is 22.1. The van der Waals surface area contributed by atoms with Gasteiger partial charge < -0.3 is 10.2 Å². The zero-order valence-electron chi connectivity index (χ0n) is 17.6. The molecule has 1 N–H and O–H groups in total. The van der Waals surface area contributed by atoms with Gasteiger partial charge in [-0.2, -0.15) is 0 Å². The summed E-state index contributed by atoms with van der Waals surface area (Å²) in [6.07, 6.45) is 0.553. The second-order valence-electron chi connectivity index (χ2n) is 7.05. The number of likely N-dealkylation sites (N-methyl/N-ethyl adjacent to an activating group) is 1. The number of nitrogens with one attached hydrogen (secondary N) is 1. The highest BCUT2D eigenvalue weighted by molar-refractivity contribution is 7.99. The van der Waals surface area contributed by atoms with Crippen molar-refractivity contribution in [1.82, 2.24) is 10.2 Å². The van der Waals surface area contributed by atoms with Gasteiger partial charge in [0.2, 0.25) is 11.8 Å². The molecule has 0 spiro atoms. The van der Waals surface area contributed by atoms with Crippen LogP contribution in [0, 0.1) is 6.92 Å². The lowest BCUT2D eigenvalue weighted by Gasteiger charge is -2.30. The van der Waals surface area contributed by atoms with Crippen molar-refractivity contribution in [2.75, 3.05) is 12.3 Å². The van der Waals surface area contributed by atoms with Crippen LogP contribution in [0.15, 0.2) is 42.5 Å². The summed E-state index contributed by atoms with van der Waals surface area (Å²) in [6, 6.07) is 12.9. The van der Waals surface area contributed by atoms with E-state index in [1.54, 1.807) is 17.0 Å². The van der Waals surface area contributed by atoms with Crippen molar-refractivity contribution in [2.24, 2.45) is 0 Å². The van der Waals surface area contributed by atoms with Crippen molar-refractivity contribution >= 4 is 46.8 Å². The van der Waals surface area contributed by atoms with Crippen LogP contribution < -0.4 is 5.32 Å². The molecule has 7 heteroatoms. The highest BCUT2D eigenvalue weighted by Gasteiger charge is 2.28. The van der Waals surface area contributed by atoms with E-state index in [0.717, 1.165) is 16.7 Å². The minimum absolute atomic E-state index is 0.0660. The lowest BCUT2D eigenvalue weighted by Crippen LogP contribution is -2.49. The molecule has 2 aromatic rings. The van der Waals surface area contributed by atoms with Crippen LogP contribution in [0.1, 0.15) is 37.0 Å². The number of carbonyl (C=O) groups excluding carboxylic acids is 2. The van der Waals surface area contributed by atoms with Crippen LogP contribution in [0.2, 0.25) is 10.0 Å². The van der Waals surface area contributed by atoms with E-state index >= 15 is 0 Å². The maximum absolute atomic E-state index is 13.1. The summed E-state index contributed by atoms with van der Waals surface area (Å²) in [5, 5.41) is 4.03. The first kappa shape index (κ1) is 24.6. The minimum atomic E-state index is -0.501. The Morgan fingerprint density at radius 3 is 2.40 bits per heavy atom. The molecule has 0 heterocycles. The number of carbonyl (C=O) groups is 2. The van der Waals surface area contributed by atoms with Gasteiger partial charge in [-0.15, -0.1) is 11.8 Å². The molecule has 0 aliphatic carbocycles. The molecule has 0 saturated heterocycles. The van der Waals surface area contributed by atoms with Gasteiger partial charge in [0, 0.05) is 28.9 Å². The fourth-order valence-corrected chi connectivity index (χ4v) is 4.54. The number of benzene rings is 2. The molecule has 162 valence electrons. The molecule has 30 heavy (non-hydrogen) atoms. The molecule has 0 aliphatic heterocycles. The average Bonchev–Trinajstić information content (AvgIpc) is 2.71. The van der Waals surface area contributed by atoms with Gasteiger partial charge in [0.1, 0.15) is 6.04 Å². The molecule has 0 fully saturated rings. The van der Waals surface area contributed by atoms with Crippen LogP contribution >= 0.6 is 35.0 Å². The van der Waals surface area contributed by atoms with Crippen LogP contribution in [0.5, 0.6) is 0 Å². The van der Waals surface area contributed by atoms with E-state index in [-0.39, 0.29) is 17.6 Å². The molecule has 0 unspecified atom stereocenters. The number of halogens is 2. The molecule has 2 amide bonds. The number of thioether (sulfide) groups is 1. The van der Waals surface area contributed by atoms with Crippen LogP contribution in [0.4, 0.5) is 0 Å². The molecule has 0 aliphatic rings. The number of hydrogen-bond donors (Lipinski definition) is 1. The van der Waals surface area contributed by atoms with Gasteiger partial charge in [0.25, 0.3) is 0 Å². The van der Waals surface area contributed by atoms with Crippen LogP contribution in [-0.4, -0.2) is 35.1 Å². The van der Waals surface area contributed by atoms with Crippen molar-refractivity contribution < 1.29 is 9.59 Å². The molecule has 2 aromatic carbocycles. The van der Waals surface area contributed by atoms with E-state index in [1.165, 1.54) is 11.8 Å². The molecule has 2 rings (SSSR count). The Labute approximate surface area is 193 Å². The van der Waals surface area contributed by atoms with Crippen molar-refractivity contribution in [3.63, 3.8) is 0 Å². The SMILES string of the molecule is CCNC(=O)[C@@H](CC)N(Cc1ccc(C)cc1)C(=O)CSCc1ccc(Cl)cc1Cl. The predicted molar refractivity (Wildman–Crippen MR) is 127 cm³/mol. The van der Waals surface area contributed by atoms with E-state index in [1.807, 2.05) is 51.1 Å². The van der Waals surface area contributed by atoms with E-state index in [4.69, 9.17) is 23.2 Å². The Morgan fingerprint density at radius 2 is 1.80 bits per heavy atom. The molecule has 0 radical (unpaired) electrons.